The Morgan fingerprint density at radius 1 is 0.386 bits per heavy atom. The van der Waals surface area contributed by atoms with E-state index in [0.29, 0.717) is 0 Å². The van der Waals surface area contributed by atoms with Gasteiger partial charge in [0.05, 0.1) is 5.69 Å². The molecule has 9 aromatic rings. The Hall–Kier alpha value is -5.86. The van der Waals surface area contributed by atoms with Crippen molar-refractivity contribution in [2.75, 3.05) is 4.90 Å². The molecular formula is C42H27NO. The third kappa shape index (κ3) is 3.89. The number of fused-ring (bicyclic) bond motifs is 7. The fraction of sp³-hybridized carbons (Fsp3) is 0. The number of nitrogens with zero attached hydrogens (tertiary/aromatic N) is 1. The summed E-state index contributed by atoms with van der Waals surface area (Å²) >= 11 is 0. The zero-order chi connectivity index (χ0) is 29.0. The van der Waals surface area contributed by atoms with Crippen molar-refractivity contribution in [1.29, 1.82) is 0 Å². The first kappa shape index (κ1) is 24.7. The van der Waals surface area contributed by atoms with Crippen LogP contribution in [0.3, 0.4) is 0 Å². The van der Waals surface area contributed by atoms with Crippen molar-refractivity contribution in [3.05, 3.63) is 164 Å². The molecular weight excluding hydrogens is 534 g/mol. The van der Waals surface area contributed by atoms with Crippen LogP contribution in [0.25, 0.3) is 65.4 Å². The van der Waals surface area contributed by atoms with Gasteiger partial charge < -0.3 is 9.32 Å². The molecule has 206 valence electrons. The Morgan fingerprint density at radius 2 is 1.05 bits per heavy atom. The van der Waals surface area contributed by atoms with E-state index in [1.807, 2.05) is 12.1 Å². The van der Waals surface area contributed by atoms with E-state index in [1.54, 1.807) is 0 Å². The van der Waals surface area contributed by atoms with E-state index >= 15 is 0 Å². The van der Waals surface area contributed by atoms with Crippen molar-refractivity contribution in [3.8, 4) is 11.1 Å². The van der Waals surface area contributed by atoms with Crippen LogP contribution in [0.15, 0.2) is 168 Å². The Morgan fingerprint density at radius 3 is 1.93 bits per heavy atom. The molecule has 0 spiro atoms. The smallest absolute Gasteiger partial charge is 0.143 e. The van der Waals surface area contributed by atoms with Gasteiger partial charge >= 0.3 is 0 Å². The normalized spacial score (nSPS) is 11.6. The van der Waals surface area contributed by atoms with E-state index in [2.05, 4.69) is 157 Å². The van der Waals surface area contributed by atoms with Crippen molar-refractivity contribution < 1.29 is 4.42 Å². The van der Waals surface area contributed by atoms with E-state index < -0.39 is 0 Å². The number of hydrogen-bond donors (Lipinski definition) is 0. The molecule has 44 heavy (non-hydrogen) atoms. The first-order valence-corrected chi connectivity index (χ1v) is 15.0. The molecule has 0 bridgehead atoms. The summed E-state index contributed by atoms with van der Waals surface area (Å²) in [4.78, 5) is 2.41. The Bertz CT molecular complexity index is 2520. The number of hydrogen-bond acceptors (Lipinski definition) is 2. The Balaban J connectivity index is 1.31. The van der Waals surface area contributed by atoms with Crippen LogP contribution in [0.5, 0.6) is 0 Å². The summed E-state index contributed by atoms with van der Waals surface area (Å²) in [5, 5.41) is 9.65. The molecule has 0 radical (unpaired) electrons. The lowest BCUT2D eigenvalue weighted by molar-refractivity contribution is 0.670. The van der Waals surface area contributed by atoms with E-state index in [-0.39, 0.29) is 0 Å². The Labute approximate surface area is 255 Å². The predicted molar refractivity (Wildman–Crippen MR) is 186 cm³/mol. The molecule has 2 heteroatoms. The molecule has 1 heterocycles. The second-order valence-electron chi connectivity index (χ2n) is 11.4. The van der Waals surface area contributed by atoms with Crippen LogP contribution in [-0.4, -0.2) is 0 Å². The van der Waals surface area contributed by atoms with E-state index in [1.165, 1.54) is 32.3 Å². The Kier molecular flexibility index (Phi) is 5.54. The van der Waals surface area contributed by atoms with Gasteiger partial charge in [0.25, 0.3) is 0 Å². The van der Waals surface area contributed by atoms with Gasteiger partial charge in [-0.3, -0.25) is 0 Å². The van der Waals surface area contributed by atoms with Crippen LogP contribution < -0.4 is 4.90 Å². The largest absolute Gasteiger partial charge is 0.455 e. The average Bonchev–Trinajstić information content (AvgIpc) is 3.48. The van der Waals surface area contributed by atoms with Crippen LogP contribution in [0.4, 0.5) is 17.1 Å². The highest BCUT2D eigenvalue weighted by molar-refractivity contribution is 6.15. The topological polar surface area (TPSA) is 16.4 Å². The van der Waals surface area contributed by atoms with Gasteiger partial charge in [-0.05, 0) is 68.9 Å². The van der Waals surface area contributed by atoms with Crippen molar-refractivity contribution in [1.82, 2.24) is 0 Å². The van der Waals surface area contributed by atoms with Gasteiger partial charge in [0, 0.05) is 33.1 Å². The first-order valence-electron chi connectivity index (χ1n) is 15.0. The lowest BCUT2D eigenvalue weighted by atomic mass is 9.98. The van der Waals surface area contributed by atoms with Crippen molar-refractivity contribution in [2.45, 2.75) is 0 Å². The standard InChI is InChI=1S/C42H27NO/c1-2-12-29-25-33(24-23-28(29)11-1)43(40-27-31-13-3-4-16-34(31)36-17-5-6-18-37(36)40)32-15-9-14-30(26-32)35-20-10-21-39-38-19-7-8-22-41(38)44-42(35)39/h1-27H. The molecule has 2 nitrogen and oxygen atoms in total. The summed E-state index contributed by atoms with van der Waals surface area (Å²) in [6.07, 6.45) is 0. The fourth-order valence-electron chi connectivity index (χ4n) is 6.75. The minimum absolute atomic E-state index is 0.909. The second kappa shape index (κ2) is 9.86. The minimum atomic E-state index is 0.909. The number of rotatable bonds is 4. The van der Waals surface area contributed by atoms with Gasteiger partial charge in [-0.1, -0.05) is 127 Å². The molecule has 8 aromatic carbocycles. The molecule has 0 unspecified atom stereocenters. The highest BCUT2D eigenvalue weighted by atomic mass is 16.3. The number of benzene rings is 8. The molecule has 0 amide bonds. The number of anilines is 3. The highest BCUT2D eigenvalue weighted by Gasteiger charge is 2.19. The summed E-state index contributed by atoms with van der Waals surface area (Å²) in [6.45, 7) is 0. The monoisotopic (exact) mass is 561 g/mol. The van der Waals surface area contributed by atoms with Gasteiger partial charge in [-0.25, -0.2) is 0 Å². The predicted octanol–water partition coefficient (Wildman–Crippen LogP) is 12.2. The quantitative estimate of drug-likeness (QED) is 0.199. The minimum Gasteiger partial charge on any atom is -0.455 e. The van der Waals surface area contributed by atoms with Crippen LogP contribution in [0, 0.1) is 0 Å². The molecule has 0 atom stereocenters. The van der Waals surface area contributed by atoms with Crippen LogP contribution in [0.1, 0.15) is 0 Å². The number of para-hydroxylation sites is 2. The van der Waals surface area contributed by atoms with E-state index in [4.69, 9.17) is 4.42 Å². The van der Waals surface area contributed by atoms with Gasteiger partial charge in [-0.15, -0.1) is 0 Å². The molecule has 0 fully saturated rings. The fourth-order valence-corrected chi connectivity index (χ4v) is 6.75. The average molecular weight is 562 g/mol. The molecule has 0 aliphatic carbocycles. The first-order chi connectivity index (χ1) is 21.8. The van der Waals surface area contributed by atoms with Crippen molar-refractivity contribution in [2.24, 2.45) is 0 Å². The van der Waals surface area contributed by atoms with Crippen LogP contribution in [0.2, 0.25) is 0 Å². The maximum absolute atomic E-state index is 6.45. The molecule has 1 aromatic heterocycles. The second-order valence-corrected chi connectivity index (χ2v) is 11.4. The SMILES string of the molecule is c1cc(-c2cccc3c2oc2ccccc23)cc(N(c2ccc3ccccc3c2)c2cc3ccccc3c3ccccc23)c1. The zero-order valence-electron chi connectivity index (χ0n) is 23.9. The van der Waals surface area contributed by atoms with E-state index in [9.17, 15) is 0 Å². The van der Waals surface area contributed by atoms with E-state index in [0.717, 1.165) is 50.1 Å². The van der Waals surface area contributed by atoms with Crippen molar-refractivity contribution >= 4 is 71.3 Å². The number of furan rings is 1. The van der Waals surface area contributed by atoms with Crippen LogP contribution >= 0.6 is 0 Å². The summed E-state index contributed by atoms with van der Waals surface area (Å²) < 4.78 is 6.45. The molecule has 9 rings (SSSR count). The third-order valence-electron chi connectivity index (χ3n) is 8.80. The van der Waals surface area contributed by atoms with Crippen molar-refractivity contribution in [3.63, 3.8) is 0 Å². The summed E-state index contributed by atoms with van der Waals surface area (Å²) in [6, 6.07) is 58.6. The summed E-state index contributed by atoms with van der Waals surface area (Å²) in [5.41, 5.74) is 7.37. The highest BCUT2D eigenvalue weighted by Crippen LogP contribution is 2.44. The van der Waals surface area contributed by atoms with Gasteiger partial charge in [-0.2, -0.15) is 0 Å². The lowest BCUT2D eigenvalue weighted by Crippen LogP contribution is -2.11. The molecule has 0 aliphatic heterocycles. The maximum Gasteiger partial charge on any atom is 0.143 e. The lowest BCUT2D eigenvalue weighted by Gasteiger charge is -2.28. The van der Waals surface area contributed by atoms with Gasteiger partial charge in [0.1, 0.15) is 11.2 Å². The summed E-state index contributed by atoms with van der Waals surface area (Å²) in [7, 11) is 0. The van der Waals surface area contributed by atoms with Crippen LogP contribution in [-0.2, 0) is 0 Å². The van der Waals surface area contributed by atoms with Gasteiger partial charge in [0.2, 0.25) is 0 Å². The molecule has 0 N–H and O–H groups in total. The summed E-state index contributed by atoms with van der Waals surface area (Å²) in [5.74, 6) is 0. The maximum atomic E-state index is 6.45. The molecule has 0 saturated heterocycles. The molecule has 0 saturated carbocycles. The van der Waals surface area contributed by atoms with Gasteiger partial charge in [0.15, 0.2) is 0 Å². The third-order valence-corrected chi connectivity index (χ3v) is 8.80. The zero-order valence-corrected chi connectivity index (χ0v) is 23.9. The molecule has 0 aliphatic rings.